The first-order valence-electron chi connectivity index (χ1n) is 12.0. The monoisotopic (exact) mass is 578 g/mol. The molecule has 2 aliphatic heterocycles. The van der Waals surface area contributed by atoms with Gasteiger partial charge in [-0.3, -0.25) is 0 Å². The van der Waals surface area contributed by atoms with Crippen LogP contribution in [0.15, 0.2) is 24.3 Å². The Kier molecular flexibility index (Phi) is 7.93. The van der Waals surface area contributed by atoms with Gasteiger partial charge in [0.25, 0.3) is 9.40 Å². The summed E-state index contributed by atoms with van der Waals surface area (Å²) in [7, 11) is 4.41. The smallest absolute Gasteiger partial charge is 0.259 e. The van der Waals surface area contributed by atoms with E-state index in [2.05, 4.69) is 66.9 Å². The van der Waals surface area contributed by atoms with Gasteiger partial charge in [-0.1, -0.05) is 6.92 Å². The molecule has 0 saturated carbocycles. The maximum atomic E-state index is 5.57. The molecule has 2 saturated heterocycles. The molecule has 0 bridgehead atoms. The molecule has 0 amide bonds. The summed E-state index contributed by atoms with van der Waals surface area (Å²) in [6, 6.07) is 10.1. The molecule has 5 nitrogen and oxygen atoms in total. The molecule has 0 radical (unpaired) electrons. The second kappa shape index (κ2) is 10.5. The van der Waals surface area contributed by atoms with Crippen molar-refractivity contribution in [2.24, 2.45) is 0 Å². The van der Waals surface area contributed by atoms with Crippen LogP contribution in [0.5, 0.6) is 0 Å². The molecule has 0 unspecified atom stereocenters. The van der Waals surface area contributed by atoms with E-state index in [0.29, 0.717) is 6.04 Å². The van der Waals surface area contributed by atoms with Gasteiger partial charge < -0.3 is 43.4 Å². The first-order valence-corrected chi connectivity index (χ1v) is 12.8. The number of fused-ring (bicyclic) bond motifs is 2. The summed E-state index contributed by atoms with van der Waals surface area (Å²) >= 11 is 1.90. The fourth-order valence-electron chi connectivity index (χ4n) is 5.13. The second-order valence-electron chi connectivity index (χ2n) is 9.41. The fraction of sp³-hybridized carbons (Fsp3) is 0.538. The van der Waals surface area contributed by atoms with Gasteiger partial charge in [0.1, 0.15) is 11.0 Å². The number of anilines is 2. The number of hydrogen-bond acceptors (Lipinski definition) is 5. The SMILES string of the molecule is CCc1cc(N2CCOCC2)cc2[s+]c3cc(N4CCC(N(C)C)CC4)cc(C)c3nc12.[I-]. The summed E-state index contributed by atoms with van der Waals surface area (Å²) in [5.74, 6) is 0. The molecule has 7 heteroatoms. The maximum Gasteiger partial charge on any atom is 0.259 e. The minimum absolute atomic E-state index is 0. The highest BCUT2D eigenvalue weighted by molar-refractivity contribution is 7.24. The van der Waals surface area contributed by atoms with Gasteiger partial charge in [0, 0.05) is 55.7 Å². The van der Waals surface area contributed by atoms with Gasteiger partial charge in [-0.15, -0.1) is 0 Å². The molecular weight excluding hydrogens is 543 g/mol. The third-order valence-electron chi connectivity index (χ3n) is 7.15. The van der Waals surface area contributed by atoms with E-state index in [1.807, 2.05) is 11.3 Å². The Morgan fingerprint density at radius 1 is 0.939 bits per heavy atom. The van der Waals surface area contributed by atoms with Crippen molar-refractivity contribution in [1.29, 1.82) is 0 Å². The number of aromatic nitrogens is 1. The highest BCUT2D eigenvalue weighted by Crippen LogP contribution is 2.36. The second-order valence-corrected chi connectivity index (χ2v) is 10.5. The highest BCUT2D eigenvalue weighted by atomic mass is 127. The molecule has 0 N–H and O–H groups in total. The van der Waals surface area contributed by atoms with E-state index in [9.17, 15) is 0 Å². The van der Waals surface area contributed by atoms with Crippen molar-refractivity contribution >= 4 is 43.1 Å². The topological polar surface area (TPSA) is 31.8 Å². The van der Waals surface area contributed by atoms with Gasteiger partial charge in [0.05, 0.1) is 13.2 Å². The van der Waals surface area contributed by atoms with Crippen molar-refractivity contribution in [3.63, 3.8) is 0 Å². The molecule has 5 rings (SSSR count). The number of piperidine rings is 1. The average molecular weight is 579 g/mol. The molecule has 178 valence electrons. The van der Waals surface area contributed by atoms with E-state index in [1.165, 1.54) is 50.3 Å². The molecule has 3 heterocycles. The lowest BCUT2D eigenvalue weighted by molar-refractivity contribution is -0.00000728. The van der Waals surface area contributed by atoms with Crippen LogP contribution in [0.4, 0.5) is 11.4 Å². The molecule has 2 fully saturated rings. The highest BCUT2D eigenvalue weighted by Gasteiger charge is 2.24. The predicted octanol–water partition coefficient (Wildman–Crippen LogP) is 1.97. The lowest BCUT2D eigenvalue weighted by Gasteiger charge is -2.36. The molecule has 0 spiro atoms. The van der Waals surface area contributed by atoms with Gasteiger partial charge in [-0.05, 0) is 63.5 Å². The Morgan fingerprint density at radius 2 is 1.55 bits per heavy atom. The van der Waals surface area contributed by atoms with Crippen molar-refractivity contribution in [2.45, 2.75) is 39.2 Å². The molecule has 2 aliphatic rings. The van der Waals surface area contributed by atoms with Gasteiger partial charge in [-0.25, -0.2) is 4.98 Å². The molecule has 1 aromatic heterocycles. The largest absolute Gasteiger partial charge is 1.00 e. The molecule has 3 aromatic rings. The van der Waals surface area contributed by atoms with Crippen LogP contribution < -0.4 is 33.8 Å². The number of nitrogens with zero attached hydrogens (tertiary/aromatic N) is 4. The van der Waals surface area contributed by atoms with Crippen LogP contribution in [0.25, 0.3) is 20.4 Å². The lowest BCUT2D eigenvalue weighted by Crippen LogP contribution is -3.00. The third-order valence-corrected chi connectivity index (χ3v) is 8.21. The Balaban J connectivity index is 0.00000259. The van der Waals surface area contributed by atoms with Gasteiger partial charge >= 0.3 is 0 Å². The van der Waals surface area contributed by atoms with Crippen molar-refractivity contribution < 1.29 is 28.7 Å². The average Bonchev–Trinajstić information content (AvgIpc) is 2.82. The van der Waals surface area contributed by atoms with Crippen LogP contribution in [0, 0.1) is 6.92 Å². The Morgan fingerprint density at radius 3 is 2.18 bits per heavy atom. The predicted molar refractivity (Wildman–Crippen MR) is 138 cm³/mol. The number of aryl methyl sites for hydroxylation is 2. The summed E-state index contributed by atoms with van der Waals surface area (Å²) in [5.41, 5.74) is 7.62. The van der Waals surface area contributed by atoms with E-state index in [1.54, 1.807) is 0 Å². The number of ether oxygens (including phenoxy) is 1. The molecule has 33 heavy (non-hydrogen) atoms. The van der Waals surface area contributed by atoms with Gasteiger partial charge in [0.15, 0.2) is 0 Å². The lowest BCUT2D eigenvalue weighted by atomic mass is 10.0. The molecule has 0 aliphatic carbocycles. The van der Waals surface area contributed by atoms with Crippen molar-refractivity contribution in [1.82, 2.24) is 9.88 Å². The van der Waals surface area contributed by atoms with E-state index in [4.69, 9.17) is 9.72 Å². The number of halogens is 1. The first kappa shape index (κ1) is 24.8. The molecule has 2 aromatic carbocycles. The molecule has 0 atom stereocenters. The maximum absolute atomic E-state index is 5.57. The summed E-state index contributed by atoms with van der Waals surface area (Å²) in [6.45, 7) is 10.3. The summed E-state index contributed by atoms with van der Waals surface area (Å²) < 4.78 is 8.16. The van der Waals surface area contributed by atoms with E-state index in [0.717, 1.165) is 51.3 Å². The number of morpholine rings is 1. The standard InChI is InChI=1S/C26H35N4OS.HI/c1-5-19-15-22(30-10-12-31-13-11-30)17-24-26(19)27-25-18(2)14-21(16-23(25)32-24)29-8-6-20(7-9-29)28(3)4;/h14-17,20H,5-13H2,1-4H3;1H/q+1;/p-1. The number of hydrogen-bond donors (Lipinski definition) is 0. The normalized spacial score (nSPS) is 17.7. The molecular formula is C26H35IN4OS. The fourth-order valence-corrected chi connectivity index (χ4v) is 6.30. The van der Waals surface area contributed by atoms with Crippen LogP contribution in [0.2, 0.25) is 0 Å². The summed E-state index contributed by atoms with van der Waals surface area (Å²) in [5, 5.41) is 0. The third kappa shape index (κ3) is 5.06. The first-order chi connectivity index (χ1) is 15.5. The minimum atomic E-state index is 0. The van der Waals surface area contributed by atoms with Crippen molar-refractivity contribution in [3.05, 3.63) is 35.4 Å². The zero-order valence-electron chi connectivity index (χ0n) is 20.2. The van der Waals surface area contributed by atoms with Crippen LogP contribution >= 0.6 is 11.3 Å². The van der Waals surface area contributed by atoms with Crippen LogP contribution in [-0.2, 0) is 11.2 Å². The Hall–Kier alpha value is -1.29. The van der Waals surface area contributed by atoms with Crippen molar-refractivity contribution in [2.75, 3.05) is 63.3 Å². The van der Waals surface area contributed by atoms with E-state index >= 15 is 0 Å². The van der Waals surface area contributed by atoms with Crippen molar-refractivity contribution in [3.8, 4) is 0 Å². The number of rotatable bonds is 4. The Labute approximate surface area is 218 Å². The Bertz CT molecular complexity index is 1120. The quantitative estimate of drug-likeness (QED) is 0.269. The van der Waals surface area contributed by atoms with Crippen LogP contribution in [0.3, 0.4) is 0 Å². The van der Waals surface area contributed by atoms with E-state index in [-0.39, 0.29) is 24.0 Å². The minimum Gasteiger partial charge on any atom is -1.00 e. The van der Waals surface area contributed by atoms with Crippen LogP contribution in [0.1, 0.15) is 30.9 Å². The van der Waals surface area contributed by atoms with Gasteiger partial charge in [0.2, 0.25) is 11.3 Å². The van der Waals surface area contributed by atoms with E-state index < -0.39 is 0 Å². The number of benzene rings is 2. The summed E-state index contributed by atoms with van der Waals surface area (Å²) in [6.07, 6.45) is 3.45. The van der Waals surface area contributed by atoms with Crippen LogP contribution in [-0.4, -0.2) is 69.4 Å². The van der Waals surface area contributed by atoms with Gasteiger partial charge in [-0.2, -0.15) is 0 Å². The zero-order valence-corrected chi connectivity index (χ0v) is 23.2. The summed E-state index contributed by atoms with van der Waals surface area (Å²) in [4.78, 5) is 12.6. The zero-order chi connectivity index (χ0) is 22.2.